The molecule has 1 N–H and O–H groups in total. The summed E-state index contributed by atoms with van der Waals surface area (Å²) in [7, 11) is -1.38. The van der Waals surface area contributed by atoms with E-state index in [1.54, 1.807) is 19.9 Å². The van der Waals surface area contributed by atoms with Crippen molar-refractivity contribution in [2.75, 3.05) is 5.32 Å². The number of carbonyl (C=O) groups is 1. The van der Waals surface area contributed by atoms with E-state index >= 15 is 0 Å². The van der Waals surface area contributed by atoms with Gasteiger partial charge in [-0.3, -0.25) is 9.00 Å². The number of rotatable bonds is 6. The van der Waals surface area contributed by atoms with Gasteiger partial charge in [0.25, 0.3) is 0 Å². The molecule has 0 unspecified atom stereocenters. The monoisotopic (exact) mass is 375 g/mol. The van der Waals surface area contributed by atoms with Crippen molar-refractivity contribution in [2.45, 2.75) is 24.9 Å². The Hall–Kier alpha value is -2.32. The normalized spacial score (nSPS) is 13.4. The molecule has 2 aromatic heterocycles. The third-order valence-electron chi connectivity index (χ3n) is 3.51. The zero-order valence-corrected chi connectivity index (χ0v) is 15.4. The highest BCUT2D eigenvalue weighted by atomic mass is 32.2. The van der Waals surface area contributed by atoms with E-state index in [0.29, 0.717) is 11.6 Å². The van der Waals surface area contributed by atoms with Gasteiger partial charge in [0.15, 0.2) is 5.82 Å². The minimum absolute atomic E-state index is 0.232. The van der Waals surface area contributed by atoms with Crippen LogP contribution in [0.1, 0.15) is 18.4 Å². The van der Waals surface area contributed by atoms with Crippen LogP contribution in [0.15, 0.2) is 46.3 Å². The molecule has 0 aliphatic carbocycles. The molecule has 1 aromatic carbocycles. The predicted octanol–water partition coefficient (Wildman–Crippen LogP) is 3.38. The van der Waals surface area contributed by atoms with Gasteiger partial charge in [0, 0.05) is 27.8 Å². The largest absolute Gasteiger partial charge is 0.360 e. The highest BCUT2D eigenvalue weighted by Crippen LogP contribution is 2.24. The summed E-state index contributed by atoms with van der Waals surface area (Å²) in [6, 6.07) is 11.4. The Morgan fingerprint density at radius 1 is 1.36 bits per heavy atom. The fourth-order valence-corrected chi connectivity index (χ4v) is 4.05. The number of nitrogens with one attached hydrogen (secondary N) is 1. The number of nitrogens with zero attached hydrogens (tertiary/aromatic N) is 2. The van der Waals surface area contributed by atoms with Crippen LogP contribution in [0.25, 0.3) is 10.6 Å². The number of aromatic nitrogens is 2. The summed E-state index contributed by atoms with van der Waals surface area (Å²) in [6.07, 6.45) is 0. The first-order chi connectivity index (χ1) is 12.0. The third kappa shape index (κ3) is 4.40. The van der Waals surface area contributed by atoms with Crippen molar-refractivity contribution in [1.29, 1.82) is 0 Å². The SMILES string of the molecule is Cc1cc(NC(=O)[C@H](C)[S@@](=O)Cc2csc(-c3ccccc3)n2)no1. The minimum Gasteiger partial charge on any atom is -0.360 e. The van der Waals surface area contributed by atoms with Crippen LogP contribution in [-0.2, 0) is 21.3 Å². The molecule has 8 heteroatoms. The second-order valence-electron chi connectivity index (χ2n) is 5.49. The summed E-state index contributed by atoms with van der Waals surface area (Å²) in [6.45, 7) is 3.36. The molecule has 25 heavy (non-hydrogen) atoms. The zero-order chi connectivity index (χ0) is 17.8. The number of anilines is 1. The fraction of sp³-hybridized carbons (Fsp3) is 0.235. The molecule has 0 saturated carbocycles. The first-order valence-electron chi connectivity index (χ1n) is 7.64. The molecule has 2 heterocycles. The summed E-state index contributed by atoms with van der Waals surface area (Å²) in [4.78, 5) is 16.7. The van der Waals surface area contributed by atoms with Crippen LogP contribution in [0.4, 0.5) is 5.82 Å². The Labute approximate surface area is 151 Å². The van der Waals surface area contributed by atoms with Crippen molar-refractivity contribution in [3.63, 3.8) is 0 Å². The molecule has 2 atom stereocenters. The van der Waals surface area contributed by atoms with Gasteiger partial charge in [-0.2, -0.15) is 0 Å². The van der Waals surface area contributed by atoms with Gasteiger partial charge in [0.05, 0.1) is 11.4 Å². The number of benzene rings is 1. The summed E-state index contributed by atoms with van der Waals surface area (Å²) in [5.41, 5.74) is 1.75. The van der Waals surface area contributed by atoms with Gasteiger partial charge in [-0.15, -0.1) is 11.3 Å². The van der Waals surface area contributed by atoms with Crippen molar-refractivity contribution >= 4 is 33.9 Å². The van der Waals surface area contributed by atoms with Crippen LogP contribution in [0.3, 0.4) is 0 Å². The molecule has 0 aliphatic rings. The van der Waals surface area contributed by atoms with Gasteiger partial charge < -0.3 is 9.84 Å². The molecule has 6 nitrogen and oxygen atoms in total. The summed E-state index contributed by atoms with van der Waals surface area (Å²) in [5, 5.41) is 8.38. The van der Waals surface area contributed by atoms with Crippen molar-refractivity contribution in [3.05, 3.63) is 53.2 Å². The van der Waals surface area contributed by atoms with Gasteiger partial charge in [-0.05, 0) is 13.8 Å². The second kappa shape index (κ2) is 7.71. The van der Waals surface area contributed by atoms with E-state index in [9.17, 15) is 9.00 Å². The van der Waals surface area contributed by atoms with E-state index < -0.39 is 16.0 Å². The lowest BCUT2D eigenvalue weighted by molar-refractivity contribution is -0.115. The van der Waals surface area contributed by atoms with E-state index in [0.717, 1.165) is 16.3 Å². The van der Waals surface area contributed by atoms with Crippen molar-refractivity contribution < 1.29 is 13.5 Å². The van der Waals surface area contributed by atoms with Gasteiger partial charge in [-0.25, -0.2) is 4.98 Å². The van der Waals surface area contributed by atoms with Crippen LogP contribution in [0.2, 0.25) is 0 Å². The molecule has 3 rings (SSSR count). The first kappa shape index (κ1) is 17.5. The third-order valence-corrected chi connectivity index (χ3v) is 6.03. The van der Waals surface area contributed by atoms with Crippen molar-refractivity contribution in [3.8, 4) is 10.6 Å². The molecule has 130 valence electrons. The number of aryl methyl sites for hydroxylation is 1. The Balaban J connectivity index is 1.61. The van der Waals surface area contributed by atoms with Crippen LogP contribution >= 0.6 is 11.3 Å². The second-order valence-corrected chi connectivity index (χ2v) is 8.10. The molecule has 0 fully saturated rings. The zero-order valence-electron chi connectivity index (χ0n) is 13.8. The summed E-state index contributed by atoms with van der Waals surface area (Å²) < 4.78 is 17.4. The van der Waals surface area contributed by atoms with Gasteiger partial charge in [0.1, 0.15) is 16.0 Å². The lowest BCUT2D eigenvalue weighted by Crippen LogP contribution is -2.29. The maximum Gasteiger partial charge on any atom is 0.241 e. The van der Waals surface area contributed by atoms with Gasteiger partial charge >= 0.3 is 0 Å². The molecular weight excluding hydrogens is 358 g/mol. The standard InChI is InChI=1S/C17H17N3O3S2/c1-11-8-15(20-23-11)19-16(21)12(2)25(22)10-14-9-24-17(18-14)13-6-4-3-5-7-13/h3-9,12H,10H2,1-2H3,(H,19,20,21)/t12-,25-/m0/s1. The first-order valence-corrected chi connectivity index (χ1v) is 9.90. The molecule has 0 saturated heterocycles. The van der Waals surface area contributed by atoms with Gasteiger partial charge in [-0.1, -0.05) is 35.5 Å². The van der Waals surface area contributed by atoms with E-state index in [2.05, 4.69) is 15.5 Å². The number of hydrogen-bond acceptors (Lipinski definition) is 6. The van der Waals surface area contributed by atoms with Crippen LogP contribution in [0.5, 0.6) is 0 Å². The predicted molar refractivity (Wildman–Crippen MR) is 98.7 cm³/mol. The average Bonchev–Trinajstić information content (AvgIpc) is 3.24. The Morgan fingerprint density at radius 2 is 2.12 bits per heavy atom. The van der Waals surface area contributed by atoms with Crippen molar-refractivity contribution in [2.24, 2.45) is 0 Å². The van der Waals surface area contributed by atoms with E-state index in [4.69, 9.17) is 4.52 Å². The number of carbonyl (C=O) groups excluding carboxylic acids is 1. The number of hydrogen-bond donors (Lipinski definition) is 1. The molecule has 0 radical (unpaired) electrons. The summed E-state index contributed by atoms with van der Waals surface area (Å²) >= 11 is 1.50. The maximum absolute atomic E-state index is 12.5. The van der Waals surface area contributed by atoms with E-state index in [-0.39, 0.29) is 11.7 Å². The Kier molecular flexibility index (Phi) is 5.40. The van der Waals surface area contributed by atoms with Crippen LogP contribution in [-0.4, -0.2) is 25.5 Å². The fourth-order valence-electron chi connectivity index (χ4n) is 2.13. The molecule has 1 amide bonds. The van der Waals surface area contributed by atoms with E-state index in [1.807, 2.05) is 35.7 Å². The van der Waals surface area contributed by atoms with Crippen molar-refractivity contribution in [1.82, 2.24) is 10.1 Å². The minimum atomic E-state index is -1.38. The molecule has 0 aliphatic heterocycles. The topological polar surface area (TPSA) is 85.1 Å². The lowest BCUT2D eigenvalue weighted by Gasteiger charge is -2.09. The smallest absolute Gasteiger partial charge is 0.241 e. The van der Waals surface area contributed by atoms with Gasteiger partial charge in [0.2, 0.25) is 5.91 Å². The molecular formula is C17H17N3O3S2. The highest BCUT2D eigenvalue weighted by Gasteiger charge is 2.22. The quantitative estimate of drug-likeness (QED) is 0.714. The Bertz CT molecular complexity index is 889. The molecule has 0 spiro atoms. The van der Waals surface area contributed by atoms with Crippen LogP contribution in [0, 0.1) is 6.92 Å². The van der Waals surface area contributed by atoms with Crippen LogP contribution < -0.4 is 5.32 Å². The van der Waals surface area contributed by atoms with E-state index in [1.165, 1.54) is 11.3 Å². The lowest BCUT2D eigenvalue weighted by atomic mass is 10.2. The number of thiazole rings is 1. The Morgan fingerprint density at radius 3 is 2.80 bits per heavy atom. The molecule has 0 bridgehead atoms. The average molecular weight is 375 g/mol. The molecule has 3 aromatic rings. The highest BCUT2D eigenvalue weighted by molar-refractivity contribution is 7.85. The maximum atomic E-state index is 12.5. The summed E-state index contributed by atoms with van der Waals surface area (Å²) in [5.74, 6) is 0.798. The number of amides is 1.